The van der Waals surface area contributed by atoms with Gasteiger partial charge in [0.2, 0.25) is 0 Å². The van der Waals surface area contributed by atoms with Crippen molar-refractivity contribution in [2.75, 3.05) is 38.8 Å². The van der Waals surface area contributed by atoms with Crippen LogP contribution in [0.1, 0.15) is 18.1 Å². The van der Waals surface area contributed by atoms with E-state index in [1.165, 1.54) is 16.8 Å². The van der Waals surface area contributed by atoms with E-state index in [0.29, 0.717) is 0 Å². The summed E-state index contributed by atoms with van der Waals surface area (Å²) in [5.74, 6) is 0. The maximum atomic E-state index is 5.00. The summed E-state index contributed by atoms with van der Waals surface area (Å²) in [5.41, 5.74) is 3.97. The molecule has 1 aromatic carbocycles. The standard InChI is InChI=1S/C14H24N2O/c1-5-16(3)14-7-6-13(10-12(14)2)11-15-8-9-17-4/h6-7,10,15H,5,8-9,11H2,1-4H3. The smallest absolute Gasteiger partial charge is 0.0587 e. The maximum absolute atomic E-state index is 5.00. The van der Waals surface area contributed by atoms with Crippen LogP contribution < -0.4 is 10.2 Å². The molecule has 0 bridgehead atoms. The molecule has 0 radical (unpaired) electrons. The lowest BCUT2D eigenvalue weighted by Crippen LogP contribution is -2.19. The van der Waals surface area contributed by atoms with Crippen LogP contribution in [-0.2, 0) is 11.3 Å². The number of hydrogen-bond acceptors (Lipinski definition) is 3. The second kappa shape index (κ2) is 7.30. The Morgan fingerprint density at radius 3 is 2.71 bits per heavy atom. The van der Waals surface area contributed by atoms with Crippen LogP contribution in [0, 0.1) is 6.92 Å². The highest BCUT2D eigenvalue weighted by atomic mass is 16.5. The SMILES string of the molecule is CCN(C)c1ccc(CNCCOC)cc1C. The first-order chi connectivity index (χ1) is 8.19. The van der Waals surface area contributed by atoms with Crippen molar-refractivity contribution < 1.29 is 4.74 Å². The molecule has 0 aliphatic carbocycles. The van der Waals surface area contributed by atoms with Gasteiger partial charge >= 0.3 is 0 Å². The Morgan fingerprint density at radius 2 is 2.12 bits per heavy atom. The summed E-state index contributed by atoms with van der Waals surface area (Å²) in [4.78, 5) is 2.26. The number of hydrogen-bond donors (Lipinski definition) is 1. The number of methoxy groups -OCH3 is 1. The normalized spacial score (nSPS) is 10.6. The first kappa shape index (κ1) is 14.0. The van der Waals surface area contributed by atoms with E-state index >= 15 is 0 Å². The molecule has 0 unspecified atom stereocenters. The second-order valence-corrected chi connectivity index (χ2v) is 4.30. The largest absolute Gasteiger partial charge is 0.383 e. The lowest BCUT2D eigenvalue weighted by Gasteiger charge is -2.20. The number of benzene rings is 1. The van der Waals surface area contributed by atoms with Gasteiger partial charge in [-0.3, -0.25) is 0 Å². The molecule has 0 saturated heterocycles. The van der Waals surface area contributed by atoms with E-state index in [9.17, 15) is 0 Å². The van der Waals surface area contributed by atoms with Crippen molar-refractivity contribution in [1.82, 2.24) is 5.32 Å². The highest BCUT2D eigenvalue weighted by molar-refractivity contribution is 5.53. The van der Waals surface area contributed by atoms with Crippen LogP contribution in [-0.4, -0.2) is 33.9 Å². The summed E-state index contributed by atoms with van der Waals surface area (Å²) < 4.78 is 5.00. The Bertz CT molecular complexity index is 339. The second-order valence-electron chi connectivity index (χ2n) is 4.30. The zero-order chi connectivity index (χ0) is 12.7. The van der Waals surface area contributed by atoms with Crippen LogP contribution in [0.25, 0.3) is 0 Å². The van der Waals surface area contributed by atoms with Crippen LogP contribution in [0.2, 0.25) is 0 Å². The van der Waals surface area contributed by atoms with Crippen molar-refractivity contribution in [2.24, 2.45) is 0 Å². The third-order valence-corrected chi connectivity index (χ3v) is 2.96. The predicted octanol–water partition coefficient (Wildman–Crippen LogP) is 2.19. The van der Waals surface area contributed by atoms with Gasteiger partial charge in [0.15, 0.2) is 0 Å². The molecule has 0 fully saturated rings. The molecular formula is C14H24N2O. The molecule has 0 heterocycles. The van der Waals surface area contributed by atoms with Crippen molar-refractivity contribution in [2.45, 2.75) is 20.4 Å². The van der Waals surface area contributed by atoms with Crippen molar-refractivity contribution >= 4 is 5.69 Å². The molecule has 0 spiro atoms. The summed E-state index contributed by atoms with van der Waals surface area (Å²) in [6.07, 6.45) is 0. The van der Waals surface area contributed by atoms with Gasteiger partial charge < -0.3 is 15.0 Å². The highest BCUT2D eigenvalue weighted by Crippen LogP contribution is 2.19. The highest BCUT2D eigenvalue weighted by Gasteiger charge is 2.03. The van der Waals surface area contributed by atoms with E-state index in [0.717, 1.165) is 26.2 Å². The van der Waals surface area contributed by atoms with Gasteiger partial charge in [0.1, 0.15) is 0 Å². The van der Waals surface area contributed by atoms with Gasteiger partial charge in [0.05, 0.1) is 6.61 Å². The van der Waals surface area contributed by atoms with Gasteiger partial charge in [-0.1, -0.05) is 12.1 Å². The predicted molar refractivity (Wildman–Crippen MR) is 73.7 cm³/mol. The fraction of sp³-hybridized carbons (Fsp3) is 0.571. The molecule has 3 nitrogen and oxygen atoms in total. The average molecular weight is 236 g/mol. The number of aryl methyl sites for hydroxylation is 1. The minimum Gasteiger partial charge on any atom is -0.383 e. The van der Waals surface area contributed by atoms with E-state index in [4.69, 9.17) is 4.74 Å². The zero-order valence-electron chi connectivity index (χ0n) is 11.4. The number of nitrogens with zero attached hydrogens (tertiary/aromatic N) is 1. The van der Waals surface area contributed by atoms with Gasteiger partial charge in [-0.05, 0) is 31.0 Å². The first-order valence-electron chi connectivity index (χ1n) is 6.19. The molecular weight excluding hydrogens is 212 g/mol. The lowest BCUT2D eigenvalue weighted by atomic mass is 10.1. The lowest BCUT2D eigenvalue weighted by molar-refractivity contribution is 0.199. The van der Waals surface area contributed by atoms with Gasteiger partial charge in [0.25, 0.3) is 0 Å². The Labute approximate surface area is 105 Å². The van der Waals surface area contributed by atoms with Crippen molar-refractivity contribution in [1.29, 1.82) is 0 Å². The molecule has 0 saturated carbocycles. The number of anilines is 1. The fourth-order valence-corrected chi connectivity index (χ4v) is 1.83. The summed E-state index contributed by atoms with van der Waals surface area (Å²) in [5, 5.41) is 3.35. The van der Waals surface area contributed by atoms with E-state index < -0.39 is 0 Å². The molecule has 0 atom stereocenters. The Hall–Kier alpha value is -1.06. The van der Waals surface area contributed by atoms with Crippen molar-refractivity contribution in [3.8, 4) is 0 Å². The van der Waals surface area contributed by atoms with Crippen LogP contribution in [0.3, 0.4) is 0 Å². The van der Waals surface area contributed by atoms with Gasteiger partial charge in [-0.25, -0.2) is 0 Å². The summed E-state index contributed by atoms with van der Waals surface area (Å²) in [6.45, 7) is 7.92. The number of ether oxygens (including phenoxy) is 1. The third-order valence-electron chi connectivity index (χ3n) is 2.96. The topological polar surface area (TPSA) is 24.5 Å². The van der Waals surface area contributed by atoms with E-state index in [1.807, 2.05) is 0 Å². The van der Waals surface area contributed by atoms with Crippen LogP contribution in [0.5, 0.6) is 0 Å². The zero-order valence-corrected chi connectivity index (χ0v) is 11.4. The molecule has 1 N–H and O–H groups in total. The molecule has 0 aliphatic heterocycles. The minimum atomic E-state index is 0.760. The molecule has 1 rings (SSSR count). The Balaban J connectivity index is 2.56. The summed E-state index contributed by atoms with van der Waals surface area (Å²) >= 11 is 0. The summed E-state index contributed by atoms with van der Waals surface area (Å²) in [7, 11) is 3.85. The molecule has 0 aliphatic rings. The number of rotatable bonds is 7. The quantitative estimate of drug-likeness (QED) is 0.734. The average Bonchev–Trinajstić information content (AvgIpc) is 2.34. The molecule has 96 valence electrons. The Morgan fingerprint density at radius 1 is 1.35 bits per heavy atom. The van der Waals surface area contributed by atoms with Crippen LogP contribution >= 0.6 is 0 Å². The maximum Gasteiger partial charge on any atom is 0.0587 e. The van der Waals surface area contributed by atoms with Crippen molar-refractivity contribution in [3.05, 3.63) is 29.3 Å². The Kier molecular flexibility index (Phi) is 6.01. The van der Waals surface area contributed by atoms with E-state index in [-0.39, 0.29) is 0 Å². The molecule has 0 amide bonds. The van der Waals surface area contributed by atoms with Crippen LogP contribution in [0.4, 0.5) is 5.69 Å². The van der Waals surface area contributed by atoms with Crippen LogP contribution in [0.15, 0.2) is 18.2 Å². The van der Waals surface area contributed by atoms with E-state index in [2.05, 4.69) is 49.3 Å². The van der Waals surface area contributed by atoms with Gasteiger partial charge in [-0.2, -0.15) is 0 Å². The third kappa shape index (κ3) is 4.36. The molecule has 1 aromatic rings. The monoisotopic (exact) mass is 236 g/mol. The fourth-order valence-electron chi connectivity index (χ4n) is 1.83. The van der Waals surface area contributed by atoms with Crippen molar-refractivity contribution in [3.63, 3.8) is 0 Å². The van der Waals surface area contributed by atoms with Gasteiger partial charge in [-0.15, -0.1) is 0 Å². The molecule has 0 aromatic heterocycles. The molecule has 3 heteroatoms. The summed E-state index contributed by atoms with van der Waals surface area (Å²) in [6, 6.07) is 6.64. The minimum absolute atomic E-state index is 0.760. The molecule has 17 heavy (non-hydrogen) atoms. The van der Waals surface area contributed by atoms with Gasteiger partial charge in [0, 0.05) is 39.5 Å². The number of nitrogens with one attached hydrogen (secondary N) is 1. The first-order valence-corrected chi connectivity index (χ1v) is 6.19. The van der Waals surface area contributed by atoms with E-state index in [1.54, 1.807) is 7.11 Å².